The second kappa shape index (κ2) is 11.2. The Balaban J connectivity index is 1.26. The predicted octanol–water partition coefficient (Wildman–Crippen LogP) is 3.44. The smallest absolute Gasteiger partial charge is 0.288 e. The Bertz CT molecular complexity index is 1480. The molecule has 0 spiro atoms. The van der Waals surface area contributed by atoms with Gasteiger partial charge in [0.2, 0.25) is 0 Å². The van der Waals surface area contributed by atoms with Crippen molar-refractivity contribution in [2.24, 2.45) is 0 Å². The van der Waals surface area contributed by atoms with Gasteiger partial charge in [-0.1, -0.05) is 54.6 Å². The zero-order valence-corrected chi connectivity index (χ0v) is 21.1. The highest BCUT2D eigenvalue weighted by Crippen LogP contribution is 2.23. The second-order valence-corrected chi connectivity index (χ2v) is 9.26. The number of hydrazine groups is 1. The molecule has 1 aliphatic rings. The summed E-state index contributed by atoms with van der Waals surface area (Å²) in [5.74, 6) is -1.11. The molecule has 8 nitrogen and oxygen atoms in total. The number of thiocarbonyl (C=S) groups is 1. The zero-order chi connectivity index (χ0) is 26.5. The summed E-state index contributed by atoms with van der Waals surface area (Å²) in [6, 6.07) is 26.4. The Hall–Kier alpha value is -4.63. The lowest BCUT2D eigenvalue weighted by atomic mass is 10.0. The third-order valence-electron chi connectivity index (χ3n) is 6.35. The minimum absolute atomic E-state index is 0.121. The van der Waals surface area contributed by atoms with Crippen molar-refractivity contribution < 1.29 is 14.4 Å². The van der Waals surface area contributed by atoms with Crippen LogP contribution in [0.5, 0.6) is 0 Å². The number of fused-ring (bicyclic) bond motifs is 2. The summed E-state index contributed by atoms with van der Waals surface area (Å²) in [5, 5.41) is 4.85. The van der Waals surface area contributed by atoms with Gasteiger partial charge in [0, 0.05) is 24.2 Å². The van der Waals surface area contributed by atoms with E-state index in [1.165, 1.54) is 4.90 Å². The molecule has 1 atom stereocenters. The molecule has 3 amide bonds. The van der Waals surface area contributed by atoms with Gasteiger partial charge in [-0.15, -0.1) is 0 Å². The predicted molar refractivity (Wildman–Crippen MR) is 147 cm³/mol. The Kier molecular flexibility index (Phi) is 7.37. The van der Waals surface area contributed by atoms with Crippen LogP contribution >= 0.6 is 12.2 Å². The van der Waals surface area contributed by atoms with Gasteiger partial charge in [0.15, 0.2) is 5.11 Å². The summed E-state index contributed by atoms with van der Waals surface area (Å²) in [6.45, 7) is 0.121. The first-order chi connectivity index (χ1) is 18.5. The molecule has 5 rings (SSSR count). The third-order valence-corrected chi connectivity index (χ3v) is 6.57. The number of hydrogen-bond donors (Lipinski definition) is 3. The monoisotopic (exact) mass is 522 g/mol. The van der Waals surface area contributed by atoms with Crippen molar-refractivity contribution in [3.63, 3.8) is 0 Å². The quantitative estimate of drug-likeness (QED) is 0.194. The van der Waals surface area contributed by atoms with Crippen LogP contribution in [0.1, 0.15) is 43.2 Å². The fourth-order valence-electron chi connectivity index (χ4n) is 4.45. The van der Waals surface area contributed by atoms with E-state index in [0.29, 0.717) is 29.4 Å². The summed E-state index contributed by atoms with van der Waals surface area (Å²) in [7, 11) is 0. The molecule has 9 heteroatoms. The molecule has 3 N–H and O–H groups in total. The Labute approximate surface area is 225 Å². The van der Waals surface area contributed by atoms with E-state index in [2.05, 4.69) is 27.2 Å². The molecular weight excluding hydrogens is 498 g/mol. The van der Waals surface area contributed by atoms with Crippen LogP contribution in [0.3, 0.4) is 0 Å². The van der Waals surface area contributed by atoms with Gasteiger partial charge in [-0.05, 0) is 66.3 Å². The van der Waals surface area contributed by atoms with E-state index >= 15 is 0 Å². The van der Waals surface area contributed by atoms with Crippen LogP contribution in [0.25, 0.3) is 10.8 Å². The van der Waals surface area contributed by atoms with Gasteiger partial charge in [0.1, 0.15) is 5.69 Å². The maximum Gasteiger partial charge on any atom is 0.288 e. The Morgan fingerprint density at radius 1 is 0.947 bits per heavy atom. The molecule has 0 fully saturated rings. The maximum absolute atomic E-state index is 12.9. The number of carbonyl (C=O) groups excluding carboxylic acids is 3. The first-order valence-electron chi connectivity index (χ1n) is 12.1. The summed E-state index contributed by atoms with van der Waals surface area (Å²) in [5.41, 5.74) is 7.46. The fourth-order valence-corrected chi connectivity index (χ4v) is 4.67. The van der Waals surface area contributed by atoms with Crippen molar-refractivity contribution >= 4 is 45.8 Å². The van der Waals surface area contributed by atoms with Crippen molar-refractivity contribution in [1.82, 2.24) is 26.1 Å². The highest BCUT2D eigenvalue weighted by molar-refractivity contribution is 7.80. The molecule has 0 saturated heterocycles. The largest absolute Gasteiger partial charge is 0.357 e. The molecule has 1 aromatic heterocycles. The summed E-state index contributed by atoms with van der Waals surface area (Å²) in [4.78, 5) is 44.2. The van der Waals surface area contributed by atoms with Crippen LogP contribution in [0.15, 0.2) is 85.1 Å². The molecule has 38 heavy (non-hydrogen) atoms. The van der Waals surface area contributed by atoms with E-state index in [-0.39, 0.29) is 35.2 Å². The van der Waals surface area contributed by atoms with E-state index in [4.69, 9.17) is 12.2 Å². The molecule has 1 radical (unpaired) electrons. The third kappa shape index (κ3) is 5.37. The number of nitrogens with one attached hydrogen (secondary N) is 3. The van der Waals surface area contributed by atoms with Crippen molar-refractivity contribution in [1.29, 1.82) is 0 Å². The van der Waals surface area contributed by atoms with Gasteiger partial charge in [0.25, 0.3) is 17.7 Å². The number of carbonyl (C=O) groups is 3. The van der Waals surface area contributed by atoms with Crippen LogP contribution in [-0.4, -0.2) is 45.3 Å². The average Bonchev–Trinajstić information content (AvgIpc) is 3.19. The van der Waals surface area contributed by atoms with Gasteiger partial charge >= 0.3 is 0 Å². The van der Waals surface area contributed by atoms with E-state index in [1.807, 2.05) is 30.3 Å². The molecule has 189 valence electrons. The lowest BCUT2D eigenvalue weighted by Gasteiger charge is -2.25. The molecule has 0 bridgehead atoms. The highest BCUT2D eigenvalue weighted by atomic mass is 32.1. The number of aromatic nitrogens is 1. The lowest BCUT2D eigenvalue weighted by Crippen LogP contribution is -2.53. The SMILES string of the molecule is O=C(NNC(=S)NC(CCc1ccccc1)CN1C(=O)c2ccccc2C1=O)c1nccc2c[c]ccc12. The van der Waals surface area contributed by atoms with Gasteiger partial charge in [-0.3, -0.25) is 35.1 Å². The van der Waals surface area contributed by atoms with Crippen molar-refractivity contribution in [2.45, 2.75) is 18.9 Å². The highest BCUT2D eigenvalue weighted by Gasteiger charge is 2.36. The van der Waals surface area contributed by atoms with Crippen molar-refractivity contribution in [3.05, 3.63) is 114 Å². The number of benzene rings is 3. The molecule has 1 aliphatic heterocycles. The molecule has 4 aromatic rings. The number of hydrogen-bond acceptors (Lipinski definition) is 5. The second-order valence-electron chi connectivity index (χ2n) is 8.85. The fraction of sp³-hybridized carbons (Fsp3) is 0.138. The molecular formula is C29H24N5O3S. The molecule has 1 unspecified atom stereocenters. The number of imide groups is 1. The lowest BCUT2D eigenvalue weighted by molar-refractivity contribution is 0.0640. The molecule has 3 aromatic carbocycles. The number of rotatable bonds is 7. The van der Waals surface area contributed by atoms with E-state index in [1.54, 1.807) is 54.7 Å². The summed E-state index contributed by atoms with van der Waals surface area (Å²) in [6.07, 6.45) is 2.85. The van der Waals surface area contributed by atoms with Crippen LogP contribution in [0.4, 0.5) is 0 Å². The average molecular weight is 523 g/mol. The Morgan fingerprint density at radius 3 is 2.39 bits per heavy atom. The van der Waals surface area contributed by atoms with Gasteiger partial charge in [0.05, 0.1) is 11.1 Å². The number of pyridine rings is 1. The van der Waals surface area contributed by atoms with Crippen LogP contribution in [0.2, 0.25) is 0 Å². The topological polar surface area (TPSA) is 103 Å². The Morgan fingerprint density at radius 2 is 1.66 bits per heavy atom. The van der Waals surface area contributed by atoms with Crippen LogP contribution in [0, 0.1) is 6.07 Å². The van der Waals surface area contributed by atoms with E-state index in [0.717, 1.165) is 10.9 Å². The molecule has 2 heterocycles. The minimum Gasteiger partial charge on any atom is -0.357 e. The molecule has 0 saturated carbocycles. The van der Waals surface area contributed by atoms with Crippen molar-refractivity contribution in [3.8, 4) is 0 Å². The van der Waals surface area contributed by atoms with E-state index in [9.17, 15) is 14.4 Å². The number of aryl methyl sites for hydroxylation is 1. The normalized spacial score (nSPS) is 13.2. The summed E-state index contributed by atoms with van der Waals surface area (Å²) >= 11 is 5.44. The zero-order valence-electron chi connectivity index (χ0n) is 20.3. The van der Waals surface area contributed by atoms with E-state index < -0.39 is 5.91 Å². The van der Waals surface area contributed by atoms with Gasteiger partial charge < -0.3 is 5.32 Å². The number of nitrogens with zero attached hydrogens (tertiary/aromatic N) is 2. The van der Waals surface area contributed by atoms with Gasteiger partial charge in [-0.25, -0.2) is 0 Å². The first kappa shape index (κ1) is 25.0. The van der Waals surface area contributed by atoms with Gasteiger partial charge in [-0.2, -0.15) is 0 Å². The minimum atomic E-state index is -0.452. The van der Waals surface area contributed by atoms with Crippen molar-refractivity contribution in [2.75, 3.05) is 6.54 Å². The maximum atomic E-state index is 12.9. The summed E-state index contributed by atoms with van der Waals surface area (Å²) < 4.78 is 0. The first-order valence-corrected chi connectivity index (χ1v) is 12.5. The standard InChI is InChI=1S/C29H24N5O3S/c35-26(25-22-11-5-4-10-20(22)16-17-30-25)32-33-29(38)31-21(15-14-19-8-2-1-3-9-19)18-34-27(36)23-12-6-7-13-24(23)28(34)37/h1-3,5-13,16-17,21H,14-15,18H2,(H,32,35)(H2,31,33,38). The molecule has 0 aliphatic carbocycles. The van der Waals surface area contributed by atoms with Crippen LogP contribution in [-0.2, 0) is 6.42 Å². The van der Waals surface area contributed by atoms with Crippen LogP contribution < -0.4 is 16.2 Å². The number of amides is 3.